The molecule has 94 valence electrons. The van der Waals surface area contributed by atoms with Crippen molar-refractivity contribution in [1.82, 2.24) is 14.4 Å². The summed E-state index contributed by atoms with van der Waals surface area (Å²) in [6, 6.07) is 11.0. The van der Waals surface area contributed by atoms with Crippen LogP contribution in [0.25, 0.3) is 17.0 Å². The average molecular weight is 253 g/mol. The molecule has 5 nitrogen and oxygen atoms in total. The molecule has 5 heteroatoms. The summed E-state index contributed by atoms with van der Waals surface area (Å²) in [5, 5.41) is 9.39. The standard InChI is InChI=1S/C14H11N3O2/c1-9-7-8-17-12(13(18)19)11(16-14(17)15-9)10-5-3-2-4-6-10/h2-8H,1H3,(H,18,19). The fourth-order valence-corrected chi connectivity index (χ4v) is 2.02. The van der Waals surface area contributed by atoms with Gasteiger partial charge in [0.2, 0.25) is 5.78 Å². The lowest BCUT2D eigenvalue weighted by atomic mass is 10.1. The Balaban J connectivity index is 2.35. The van der Waals surface area contributed by atoms with Gasteiger partial charge in [-0.05, 0) is 13.0 Å². The molecule has 3 aromatic rings. The zero-order chi connectivity index (χ0) is 13.4. The van der Waals surface area contributed by atoms with Crippen molar-refractivity contribution in [3.8, 4) is 11.3 Å². The van der Waals surface area contributed by atoms with E-state index in [4.69, 9.17) is 0 Å². The molecule has 3 rings (SSSR count). The van der Waals surface area contributed by atoms with Crippen molar-refractivity contribution in [2.24, 2.45) is 0 Å². The normalized spacial score (nSPS) is 10.8. The molecule has 0 aliphatic rings. The largest absolute Gasteiger partial charge is 0.476 e. The smallest absolute Gasteiger partial charge is 0.355 e. The second-order valence-corrected chi connectivity index (χ2v) is 4.22. The first kappa shape index (κ1) is 11.4. The number of rotatable bonds is 2. The van der Waals surface area contributed by atoms with Crippen LogP contribution in [0.3, 0.4) is 0 Å². The topological polar surface area (TPSA) is 67.5 Å². The number of carbonyl (C=O) groups is 1. The van der Waals surface area contributed by atoms with Crippen LogP contribution < -0.4 is 0 Å². The van der Waals surface area contributed by atoms with E-state index in [-0.39, 0.29) is 5.69 Å². The summed E-state index contributed by atoms with van der Waals surface area (Å²) in [6.07, 6.45) is 1.68. The van der Waals surface area contributed by atoms with E-state index in [2.05, 4.69) is 9.97 Å². The van der Waals surface area contributed by atoms with E-state index < -0.39 is 5.97 Å². The van der Waals surface area contributed by atoms with E-state index in [1.165, 1.54) is 4.40 Å². The van der Waals surface area contributed by atoms with E-state index in [1.807, 2.05) is 37.3 Å². The Morgan fingerprint density at radius 2 is 1.89 bits per heavy atom. The summed E-state index contributed by atoms with van der Waals surface area (Å²) >= 11 is 0. The summed E-state index contributed by atoms with van der Waals surface area (Å²) in [5.41, 5.74) is 2.14. The van der Waals surface area contributed by atoms with E-state index in [0.29, 0.717) is 11.5 Å². The Hall–Kier alpha value is -2.69. The molecule has 0 radical (unpaired) electrons. The van der Waals surface area contributed by atoms with Crippen LogP contribution in [0.2, 0.25) is 0 Å². The first-order chi connectivity index (χ1) is 9.16. The van der Waals surface area contributed by atoms with Crippen LogP contribution >= 0.6 is 0 Å². The summed E-state index contributed by atoms with van der Waals surface area (Å²) < 4.78 is 1.50. The van der Waals surface area contributed by atoms with Crippen molar-refractivity contribution < 1.29 is 9.90 Å². The molecule has 1 N–H and O–H groups in total. The van der Waals surface area contributed by atoms with Crippen LogP contribution in [0.4, 0.5) is 0 Å². The second-order valence-electron chi connectivity index (χ2n) is 4.22. The summed E-state index contributed by atoms with van der Waals surface area (Å²) in [4.78, 5) is 20.1. The van der Waals surface area contributed by atoms with Crippen LogP contribution in [0.15, 0.2) is 42.6 Å². The molecule has 0 unspecified atom stereocenters. The summed E-state index contributed by atoms with van der Waals surface area (Å²) in [7, 11) is 0. The monoisotopic (exact) mass is 253 g/mol. The lowest BCUT2D eigenvalue weighted by Gasteiger charge is -1.99. The second kappa shape index (κ2) is 4.20. The van der Waals surface area contributed by atoms with Crippen LogP contribution in [-0.4, -0.2) is 25.4 Å². The maximum Gasteiger partial charge on any atom is 0.355 e. The fourth-order valence-electron chi connectivity index (χ4n) is 2.02. The molecule has 0 bridgehead atoms. The highest BCUT2D eigenvalue weighted by Gasteiger charge is 2.20. The quantitative estimate of drug-likeness (QED) is 0.761. The van der Waals surface area contributed by atoms with Gasteiger partial charge in [-0.25, -0.2) is 14.8 Å². The van der Waals surface area contributed by atoms with E-state index >= 15 is 0 Å². The van der Waals surface area contributed by atoms with Crippen LogP contribution in [0.1, 0.15) is 16.2 Å². The van der Waals surface area contributed by atoms with Gasteiger partial charge in [0.05, 0.1) is 0 Å². The fraction of sp³-hybridized carbons (Fsp3) is 0.0714. The van der Waals surface area contributed by atoms with Crippen molar-refractivity contribution in [3.63, 3.8) is 0 Å². The highest BCUT2D eigenvalue weighted by molar-refractivity contribution is 5.94. The Morgan fingerprint density at radius 1 is 1.16 bits per heavy atom. The van der Waals surface area contributed by atoms with Gasteiger partial charge in [0.1, 0.15) is 5.69 Å². The van der Waals surface area contributed by atoms with Crippen molar-refractivity contribution in [2.75, 3.05) is 0 Å². The highest BCUT2D eigenvalue weighted by Crippen LogP contribution is 2.23. The molecule has 2 heterocycles. The van der Waals surface area contributed by atoms with Crippen LogP contribution in [-0.2, 0) is 0 Å². The molecule has 0 saturated heterocycles. The van der Waals surface area contributed by atoms with Crippen LogP contribution in [0.5, 0.6) is 0 Å². The molecule has 0 aliphatic carbocycles. The number of aryl methyl sites for hydroxylation is 1. The number of hydrogen-bond donors (Lipinski definition) is 1. The third kappa shape index (κ3) is 1.85. The Morgan fingerprint density at radius 3 is 2.58 bits per heavy atom. The summed E-state index contributed by atoms with van der Waals surface area (Å²) in [5.74, 6) is -0.617. The van der Waals surface area contributed by atoms with Gasteiger partial charge in [0.15, 0.2) is 5.69 Å². The third-order valence-corrected chi connectivity index (χ3v) is 2.88. The van der Waals surface area contributed by atoms with Crippen molar-refractivity contribution in [3.05, 3.63) is 54.0 Å². The molecular weight excluding hydrogens is 242 g/mol. The number of hydrogen-bond acceptors (Lipinski definition) is 3. The van der Waals surface area contributed by atoms with E-state index in [0.717, 1.165) is 11.3 Å². The molecule has 0 amide bonds. The van der Waals surface area contributed by atoms with Gasteiger partial charge in [0.25, 0.3) is 0 Å². The molecule has 0 atom stereocenters. The zero-order valence-corrected chi connectivity index (χ0v) is 10.2. The zero-order valence-electron chi connectivity index (χ0n) is 10.2. The van der Waals surface area contributed by atoms with Crippen LogP contribution in [0, 0.1) is 6.92 Å². The third-order valence-electron chi connectivity index (χ3n) is 2.88. The first-order valence-corrected chi connectivity index (χ1v) is 5.81. The van der Waals surface area contributed by atoms with Crippen molar-refractivity contribution >= 4 is 11.7 Å². The molecule has 0 spiro atoms. The Bertz CT molecular complexity index is 763. The molecule has 2 aromatic heterocycles. The number of carboxylic acids is 1. The average Bonchev–Trinajstić information content (AvgIpc) is 2.78. The molecule has 0 saturated carbocycles. The maximum atomic E-state index is 11.5. The predicted octanol–water partition coefficient (Wildman–Crippen LogP) is 2.40. The minimum Gasteiger partial charge on any atom is -0.476 e. The van der Waals surface area contributed by atoms with Gasteiger partial charge in [-0.3, -0.25) is 4.40 Å². The van der Waals surface area contributed by atoms with E-state index in [1.54, 1.807) is 12.3 Å². The molecule has 0 fully saturated rings. The number of benzene rings is 1. The van der Waals surface area contributed by atoms with Gasteiger partial charge in [-0.1, -0.05) is 30.3 Å². The molecule has 1 aromatic carbocycles. The van der Waals surface area contributed by atoms with Crippen molar-refractivity contribution in [2.45, 2.75) is 6.92 Å². The number of imidazole rings is 1. The van der Waals surface area contributed by atoms with Gasteiger partial charge in [-0.2, -0.15) is 0 Å². The minimum absolute atomic E-state index is 0.133. The maximum absolute atomic E-state index is 11.5. The molecular formula is C14H11N3O2. The van der Waals surface area contributed by atoms with Gasteiger partial charge in [-0.15, -0.1) is 0 Å². The van der Waals surface area contributed by atoms with Gasteiger partial charge in [0, 0.05) is 17.5 Å². The van der Waals surface area contributed by atoms with E-state index in [9.17, 15) is 9.90 Å². The lowest BCUT2D eigenvalue weighted by molar-refractivity contribution is 0.0690. The molecule has 0 aliphatic heterocycles. The SMILES string of the molecule is Cc1ccn2c(C(=O)O)c(-c3ccccc3)nc2n1. The minimum atomic E-state index is -1.02. The summed E-state index contributed by atoms with van der Waals surface area (Å²) in [6.45, 7) is 1.84. The number of aromatic nitrogens is 3. The first-order valence-electron chi connectivity index (χ1n) is 5.81. The Kier molecular flexibility index (Phi) is 2.52. The van der Waals surface area contributed by atoms with Crippen molar-refractivity contribution in [1.29, 1.82) is 0 Å². The number of fused-ring (bicyclic) bond motifs is 1. The molecule has 19 heavy (non-hydrogen) atoms. The number of aromatic carboxylic acids is 1. The predicted molar refractivity (Wildman–Crippen MR) is 70.1 cm³/mol. The Labute approximate surface area is 109 Å². The lowest BCUT2D eigenvalue weighted by Crippen LogP contribution is -2.04. The number of carboxylic acid groups (broad SMARTS) is 1. The van der Waals surface area contributed by atoms with Gasteiger partial charge >= 0.3 is 5.97 Å². The number of nitrogens with zero attached hydrogens (tertiary/aromatic N) is 3. The van der Waals surface area contributed by atoms with Gasteiger partial charge < -0.3 is 5.11 Å². The highest BCUT2D eigenvalue weighted by atomic mass is 16.4.